The molecule has 0 aromatic carbocycles. The largest absolute Gasteiger partial charge is 0.294 e. The highest BCUT2D eigenvalue weighted by atomic mass is 16.1. The second-order valence-corrected chi connectivity index (χ2v) is 3.93. The molecule has 0 aromatic rings. The Bertz CT molecular complexity index is 544. The number of Topliss-reactive ketones (excluding diaryl/α,β-unsaturated/α-hetero) is 2. The van der Waals surface area contributed by atoms with Gasteiger partial charge in [0, 0.05) is 12.6 Å². The average molecular weight is 211 g/mol. The van der Waals surface area contributed by atoms with Crippen LogP contribution in [0.15, 0.2) is 52.2 Å². The zero-order valence-electron chi connectivity index (χ0n) is 8.51. The first-order chi connectivity index (χ1) is 7.77. The molecule has 0 bridgehead atoms. The maximum absolute atomic E-state index is 12.1. The molecule has 0 saturated carbocycles. The summed E-state index contributed by atoms with van der Waals surface area (Å²) in [6.07, 6.45) is 11.0. The van der Waals surface area contributed by atoms with Crippen molar-refractivity contribution in [3.63, 3.8) is 0 Å². The van der Waals surface area contributed by atoms with Gasteiger partial charge >= 0.3 is 0 Å². The number of nitrogens with zero attached hydrogens (tertiary/aromatic N) is 1. The Balaban J connectivity index is 2.18. The van der Waals surface area contributed by atoms with E-state index in [1.165, 1.54) is 0 Å². The van der Waals surface area contributed by atoms with Gasteiger partial charge in [0.2, 0.25) is 0 Å². The van der Waals surface area contributed by atoms with E-state index in [1.807, 2.05) is 12.2 Å². The van der Waals surface area contributed by atoms with Gasteiger partial charge in [-0.2, -0.15) is 0 Å². The summed E-state index contributed by atoms with van der Waals surface area (Å²) in [7, 11) is 0. The highest BCUT2D eigenvalue weighted by molar-refractivity contribution is 6.25. The fourth-order valence-electron chi connectivity index (χ4n) is 2.17. The number of fused-ring (bicyclic) bond motifs is 1. The second-order valence-electron chi connectivity index (χ2n) is 3.93. The first kappa shape index (κ1) is 9.21. The zero-order chi connectivity index (χ0) is 11.1. The van der Waals surface area contributed by atoms with Crippen molar-refractivity contribution in [3.05, 3.63) is 47.2 Å². The molecule has 0 N–H and O–H groups in total. The van der Waals surface area contributed by atoms with Gasteiger partial charge in [-0.3, -0.25) is 14.6 Å². The van der Waals surface area contributed by atoms with Gasteiger partial charge in [0.05, 0.1) is 17.2 Å². The minimum atomic E-state index is -0.362. The first-order valence-electron chi connectivity index (χ1n) is 5.18. The van der Waals surface area contributed by atoms with Crippen LogP contribution in [-0.2, 0) is 9.59 Å². The fourth-order valence-corrected chi connectivity index (χ4v) is 2.17. The monoisotopic (exact) mass is 211 g/mol. The molecule has 1 unspecified atom stereocenters. The molecular weight excluding hydrogens is 202 g/mol. The summed E-state index contributed by atoms with van der Waals surface area (Å²) in [6.45, 7) is 0. The lowest BCUT2D eigenvalue weighted by Crippen LogP contribution is -2.27. The summed E-state index contributed by atoms with van der Waals surface area (Å²) in [4.78, 5) is 28.0. The number of allylic oxidation sites excluding steroid dienone is 7. The van der Waals surface area contributed by atoms with Crippen LogP contribution in [0.3, 0.4) is 0 Å². The topological polar surface area (TPSA) is 46.5 Å². The van der Waals surface area contributed by atoms with Crippen molar-refractivity contribution in [2.45, 2.75) is 6.42 Å². The van der Waals surface area contributed by atoms with Crippen LogP contribution in [-0.4, -0.2) is 17.8 Å². The number of ketones is 2. The van der Waals surface area contributed by atoms with Crippen molar-refractivity contribution in [2.75, 3.05) is 0 Å². The first-order valence-corrected chi connectivity index (χ1v) is 5.18. The fraction of sp³-hybridized carbons (Fsp3) is 0.154. The van der Waals surface area contributed by atoms with Crippen molar-refractivity contribution in [1.82, 2.24) is 0 Å². The van der Waals surface area contributed by atoms with E-state index in [-0.39, 0.29) is 17.5 Å². The molecule has 16 heavy (non-hydrogen) atoms. The highest BCUT2D eigenvalue weighted by Crippen LogP contribution is 2.32. The molecule has 3 nitrogen and oxygen atoms in total. The third-order valence-electron chi connectivity index (χ3n) is 2.93. The van der Waals surface area contributed by atoms with Crippen molar-refractivity contribution >= 4 is 17.8 Å². The van der Waals surface area contributed by atoms with Crippen LogP contribution >= 0.6 is 0 Å². The standard InChI is InChI=1S/C13H9NO2/c15-11-5-1-3-8-7-10-9(4-2-6-14-10)13(16)12(8)11/h1-4,6-7,9H,5H2. The second kappa shape index (κ2) is 3.23. The van der Waals surface area contributed by atoms with Gasteiger partial charge in [0.15, 0.2) is 11.6 Å². The van der Waals surface area contributed by atoms with Crippen LogP contribution in [0.2, 0.25) is 0 Å². The predicted molar refractivity (Wildman–Crippen MR) is 60.0 cm³/mol. The molecule has 0 radical (unpaired) electrons. The molecular formula is C13H9NO2. The molecule has 3 aliphatic rings. The number of carbonyl (C=O) groups excluding carboxylic acids is 2. The predicted octanol–water partition coefficient (Wildman–Crippen LogP) is 1.54. The van der Waals surface area contributed by atoms with Crippen molar-refractivity contribution in [3.8, 4) is 0 Å². The van der Waals surface area contributed by atoms with E-state index in [2.05, 4.69) is 4.99 Å². The molecule has 0 saturated heterocycles. The van der Waals surface area contributed by atoms with Gasteiger partial charge < -0.3 is 0 Å². The lowest BCUT2D eigenvalue weighted by molar-refractivity contribution is -0.122. The summed E-state index contributed by atoms with van der Waals surface area (Å²) in [6, 6.07) is 0. The summed E-state index contributed by atoms with van der Waals surface area (Å²) in [5.74, 6) is -0.560. The van der Waals surface area contributed by atoms with E-state index in [9.17, 15) is 9.59 Å². The molecule has 1 aliphatic heterocycles. The molecule has 0 fully saturated rings. The SMILES string of the molecule is O=C1CC=CC2=C1C(=O)C1C=CC=NC1=C2. The Hall–Kier alpha value is -2.03. The summed E-state index contributed by atoms with van der Waals surface area (Å²) >= 11 is 0. The quantitative estimate of drug-likeness (QED) is 0.570. The molecule has 3 heteroatoms. The molecule has 1 heterocycles. The van der Waals surface area contributed by atoms with E-state index in [0.29, 0.717) is 17.6 Å². The Morgan fingerprint density at radius 1 is 1.31 bits per heavy atom. The maximum atomic E-state index is 12.1. The van der Waals surface area contributed by atoms with E-state index < -0.39 is 0 Å². The van der Waals surface area contributed by atoms with Crippen LogP contribution in [0.1, 0.15) is 6.42 Å². The molecule has 2 aliphatic carbocycles. The minimum absolute atomic E-state index is 0.0826. The Morgan fingerprint density at radius 3 is 3.06 bits per heavy atom. The highest BCUT2D eigenvalue weighted by Gasteiger charge is 2.34. The van der Waals surface area contributed by atoms with Crippen LogP contribution < -0.4 is 0 Å². The smallest absolute Gasteiger partial charge is 0.179 e. The minimum Gasteiger partial charge on any atom is -0.294 e. The molecule has 1 atom stereocenters. The Kier molecular flexibility index (Phi) is 1.86. The van der Waals surface area contributed by atoms with Crippen molar-refractivity contribution < 1.29 is 9.59 Å². The molecule has 0 amide bonds. The van der Waals surface area contributed by atoms with E-state index in [4.69, 9.17) is 0 Å². The molecule has 78 valence electrons. The third-order valence-corrected chi connectivity index (χ3v) is 2.93. The van der Waals surface area contributed by atoms with Gasteiger partial charge in [-0.1, -0.05) is 18.2 Å². The van der Waals surface area contributed by atoms with Crippen molar-refractivity contribution in [2.24, 2.45) is 10.9 Å². The van der Waals surface area contributed by atoms with Gasteiger partial charge in [-0.15, -0.1) is 0 Å². The van der Waals surface area contributed by atoms with Gasteiger partial charge in [-0.25, -0.2) is 0 Å². The number of rotatable bonds is 0. The molecule has 0 aromatic heterocycles. The van der Waals surface area contributed by atoms with Gasteiger partial charge in [-0.05, 0) is 17.7 Å². The number of dihydropyridines is 1. The number of aliphatic imine (C=N–C) groups is 1. The third kappa shape index (κ3) is 1.18. The number of hydrogen-bond acceptors (Lipinski definition) is 3. The van der Waals surface area contributed by atoms with Crippen LogP contribution in [0, 0.1) is 5.92 Å². The summed E-state index contributed by atoms with van der Waals surface area (Å²) in [5.41, 5.74) is 1.78. The van der Waals surface area contributed by atoms with E-state index >= 15 is 0 Å². The van der Waals surface area contributed by atoms with Gasteiger partial charge in [0.25, 0.3) is 0 Å². The zero-order valence-corrected chi connectivity index (χ0v) is 8.51. The number of hydrogen-bond donors (Lipinski definition) is 0. The van der Waals surface area contributed by atoms with Crippen LogP contribution in [0.5, 0.6) is 0 Å². The van der Waals surface area contributed by atoms with Crippen LogP contribution in [0.4, 0.5) is 0 Å². The summed E-state index contributed by atoms with van der Waals surface area (Å²) in [5, 5.41) is 0. The Morgan fingerprint density at radius 2 is 2.19 bits per heavy atom. The molecule has 0 spiro atoms. The van der Waals surface area contributed by atoms with E-state index in [0.717, 1.165) is 5.70 Å². The average Bonchev–Trinajstić information content (AvgIpc) is 2.29. The number of carbonyl (C=O) groups is 2. The summed E-state index contributed by atoms with van der Waals surface area (Å²) < 4.78 is 0. The Labute approximate surface area is 92.6 Å². The maximum Gasteiger partial charge on any atom is 0.179 e. The van der Waals surface area contributed by atoms with Crippen molar-refractivity contribution in [1.29, 1.82) is 0 Å². The van der Waals surface area contributed by atoms with Crippen LogP contribution in [0.25, 0.3) is 0 Å². The molecule has 3 rings (SSSR count). The lowest BCUT2D eigenvalue weighted by Gasteiger charge is -2.23. The normalized spacial score (nSPS) is 26.8. The van der Waals surface area contributed by atoms with Gasteiger partial charge in [0.1, 0.15) is 0 Å². The lowest BCUT2D eigenvalue weighted by atomic mass is 9.80. The van der Waals surface area contributed by atoms with E-state index in [1.54, 1.807) is 24.4 Å².